The van der Waals surface area contributed by atoms with Crippen LogP contribution in [0.15, 0.2) is 53.1 Å². The van der Waals surface area contributed by atoms with E-state index in [1.54, 1.807) is 0 Å². The van der Waals surface area contributed by atoms with Gasteiger partial charge in [-0.15, -0.1) is 0 Å². The van der Waals surface area contributed by atoms with E-state index in [1.165, 1.54) is 11.1 Å². The summed E-state index contributed by atoms with van der Waals surface area (Å²) < 4.78 is 5.48. The van der Waals surface area contributed by atoms with Crippen molar-refractivity contribution in [2.24, 2.45) is 0 Å². The number of benzene rings is 2. The third-order valence-electron chi connectivity index (χ3n) is 4.78. The molecule has 0 saturated heterocycles. The Labute approximate surface area is 169 Å². The van der Waals surface area contributed by atoms with Gasteiger partial charge in [0.1, 0.15) is 5.69 Å². The van der Waals surface area contributed by atoms with E-state index in [9.17, 15) is 0 Å². The fourth-order valence-corrected chi connectivity index (χ4v) is 3.30. The molecule has 0 aliphatic heterocycles. The van der Waals surface area contributed by atoms with E-state index in [0.717, 1.165) is 47.4 Å². The molecule has 0 bridgehead atoms. The summed E-state index contributed by atoms with van der Waals surface area (Å²) in [6, 6.07) is 16.4. The summed E-state index contributed by atoms with van der Waals surface area (Å²) in [5, 5.41) is 6.03. The summed E-state index contributed by atoms with van der Waals surface area (Å²) in [5.41, 5.74) is 4.45. The average molecular weight is 395 g/mol. The number of aromatic amines is 1. The maximum absolute atomic E-state index is 5.93. The number of hydrogen-bond donors (Lipinski definition) is 1. The van der Waals surface area contributed by atoms with Gasteiger partial charge in [-0.25, -0.2) is 0 Å². The van der Waals surface area contributed by atoms with Crippen molar-refractivity contribution in [3.63, 3.8) is 0 Å². The molecule has 0 aliphatic carbocycles. The Kier molecular flexibility index (Phi) is 5.46. The molecule has 0 amide bonds. The van der Waals surface area contributed by atoms with Crippen LogP contribution in [0.2, 0.25) is 5.02 Å². The largest absolute Gasteiger partial charge is 0.351 e. The van der Waals surface area contributed by atoms with Gasteiger partial charge in [-0.2, -0.15) is 4.98 Å². The minimum Gasteiger partial charge on any atom is -0.351 e. The molecule has 144 valence electrons. The number of aryl methyl sites for hydroxylation is 2. The van der Waals surface area contributed by atoms with Gasteiger partial charge in [0.25, 0.3) is 5.89 Å². The lowest BCUT2D eigenvalue weighted by Crippen LogP contribution is -2.14. The molecule has 0 saturated carbocycles. The Morgan fingerprint density at radius 2 is 1.75 bits per heavy atom. The number of halogens is 1. The Morgan fingerprint density at radius 1 is 0.964 bits per heavy atom. The fourth-order valence-electron chi connectivity index (χ4n) is 3.18. The minimum atomic E-state index is 0.525. The van der Waals surface area contributed by atoms with Crippen LogP contribution in [-0.4, -0.2) is 40.7 Å². The minimum absolute atomic E-state index is 0.525. The average Bonchev–Trinajstić information content (AvgIpc) is 3.32. The molecule has 0 aliphatic rings. The van der Waals surface area contributed by atoms with Crippen molar-refractivity contribution in [2.45, 2.75) is 19.3 Å². The van der Waals surface area contributed by atoms with Crippen molar-refractivity contribution < 1.29 is 4.52 Å². The molecule has 1 N–H and O–H groups in total. The SMILES string of the molecule is CN(C)CCc1ccc2[nH]c(-c3nc(CCc4ccc(Cl)cc4)no3)cc2c1. The van der Waals surface area contributed by atoms with Crippen molar-refractivity contribution >= 4 is 22.5 Å². The highest BCUT2D eigenvalue weighted by Gasteiger charge is 2.12. The first-order chi connectivity index (χ1) is 13.6. The maximum atomic E-state index is 5.93. The summed E-state index contributed by atoms with van der Waals surface area (Å²) in [6.07, 6.45) is 2.59. The fraction of sp³-hybridized carbons (Fsp3) is 0.273. The zero-order valence-corrected chi connectivity index (χ0v) is 16.8. The van der Waals surface area contributed by atoms with Gasteiger partial charge in [0, 0.05) is 28.9 Å². The molecule has 2 heterocycles. The molecule has 6 heteroatoms. The second-order valence-electron chi connectivity index (χ2n) is 7.30. The summed E-state index contributed by atoms with van der Waals surface area (Å²) in [4.78, 5) is 10.1. The van der Waals surface area contributed by atoms with Crippen LogP contribution >= 0.6 is 11.6 Å². The third-order valence-corrected chi connectivity index (χ3v) is 5.03. The number of nitrogens with zero attached hydrogens (tertiary/aromatic N) is 3. The van der Waals surface area contributed by atoms with E-state index in [-0.39, 0.29) is 0 Å². The first-order valence-electron chi connectivity index (χ1n) is 9.40. The number of nitrogens with one attached hydrogen (secondary N) is 1. The molecule has 4 aromatic rings. The third kappa shape index (κ3) is 4.43. The van der Waals surface area contributed by atoms with Gasteiger partial charge in [0.15, 0.2) is 5.82 Å². The topological polar surface area (TPSA) is 58.0 Å². The molecule has 28 heavy (non-hydrogen) atoms. The zero-order chi connectivity index (χ0) is 19.5. The van der Waals surface area contributed by atoms with E-state index in [0.29, 0.717) is 11.7 Å². The molecule has 2 aromatic carbocycles. The van der Waals surface area contributed by atoms with E-state index >= 15 is 0 Å². The maximum Gasteiger partial charge on any atom is 0.274 e. The van der Waals surface area contributed by atoms with Crippen LogP contribution in [0.4, 0.5) is 0 Å². The molecule has 0 radical (unpaired) electrons. The Balaban J connectivity index is 1.46. The van der Waals surface area contributed by atoms with Crippen LogP contribution in [0.25, 0.3) is 22.5 Å². The summed E-state index contributed by atoms with van der Waals surface area (Å²) in [7, 11) is 4.18. The first kappa shape index (κ1) is 18.7. The Bertz CT molecular complexity index is 1070. The van der Waals surface area contributed by atoms with Gasteiger partial charge < -0.3 is 14.4 Å². The summed E-state index contributed by atoms with van der Waals surface area (Å²) >= 11 is 5.93. The van der Waals surface area contributed by atoms with Crippen molar-refractivity contribution in [3.05, 3.63) is 70.5 Å². The second kappa shape index (κ2) is 8.17. The molecule has 0 unspecified atom stereocenters. The molecule has 5 nitrogen and oxygen atoms in total. The predicted octanol–water partition coefficient (Wildman–Crippen LogP) is 4.76. The van der Waals surface area contributed by atoms with Crippen LogP contribution in [-0.2, 0) is 19.3 Å². The second-order valence-corrected chi connectivity index (χ2v) is 7.74. The van der Waals surface area contributed by atoms with E-state index in [2.05, 4.69) is 58.4 Å². The van der Waals surface area contributed by atoms with Crippen molar-refractivity contribution in [2.75, 3.05) is 20.6 Å². The smallest absolute Gasteiger partial charge is 0.274 e. The zero-order valence-electron chi connectivity index (χ0n) is 16.1. The van der Waals surface area contributed by atoms with Gasteiger partial charge in [0.05, 0.1) is 0 Å². The van der Waals surface area contributed by atoms with Gasteiger partial charge in [0.2, 0.25) is 0 Å². The molecule has 4 rings (SSSR count). The van der Waals surface area contributed by atoms with Gasteiger partial charge >= 0.3 is 0 Å². The van der Waals surface area contributed by atoms with Crippen LogP contribution < -0.4 is 0 Å². The standard InChI is InChI=1S/C22H23ClN4O/c1-27(2)12-11-16-5-9-19-17(13-16)14-20(24-19)22-25-21(26-28-22)10-6-15-3-7-18(23)8-4-15/h3-5,7-9,13-14,24H,6,10-12H2,1-2H3. The van der Waals surface area contributed by atoms with Gasteiger partial charge in [-0.05, 0) is 68.4 Å². The molecule has 2 aromatic heterocycles. The lowest BCUT2D eigenvalue weighted by molar-refractivity contribution is 0.414. The van der Waals surface area contributed by atoms with Crippen molar-refractivity contribution in [3.8, 4) is 11.6 Å². The van der Waals surface area contributed by atoms with E-state index < -0.39 is 0 Å². The highest BCUT2D eigenvalue weighted by Crippen LogP contribution is 2.24. The highest BCUT2D eigenvalue weighted by molar-refractivity contribution is 6.30. The van der Waals surface area contributed by atoms with Crippen LogP contribution in [0, 0.1) is 0 Å². The van der Waals surface area contributed by atoms with Crippen molar-refractivity contribution in [1.29, 1.82) is 0 Å². The number of aromatic nitrogens is 3. The molecule has 0 spiro atoms. The first-order valence-corrected chi connectivity index (χ1v) is 9.78. The van der Waals surface area contributed by atoms with Crippen molar-refractivity contribution in [1.82, 2.24) is 20.0 Å². The van der Waals surface area contributed by atoms with E-state index in [4.69, 9.17) is 16.1 Å². The molecule has 0 atom stereocenters. The monoisotopic (exact) mass is 394 g/mol. The highest BCUT2D eigenvalue weighted by atomic mass is 35.5. The Hall–Kier alpha value is -2.63. The van der Waals surface area contributed by atoms with Gasteiger partial charge in [-0.3, -0.25) is 0 Å². The van der Waals surface area contributed by atoms with Crippen LogP contribution in [0.5, 0.6) is 0 Å². The number of rotatable bonds is 7. The lowest BCUT2D eigenvalue weighted by Gasteiger charge is -2.08. The van der Waals surface area contributed by atoms with Crippen LogP contribution in [0.3, 0.4) is 0 Å². The van der Waals surface area contributed by atoms with E-state index in [1.807, 2.05) is 24.3 Å². The Morgan fingerprint density at radius 3 is 2.54 bits per heavy atom. The molecule has 0 fully saturated rings. The predicted molar refractivity (Wildman–Crippen MR) is 113 cm³/mol. The molecular weight excluding hydrogens is 372 g/mol. The molecular formula is C22H23ClN4O. The summed E-state index contributed by atoms with van der Waals surface area (Å²) in [5.74, 6) is 1.23. The number of likely N-dealkylation sites (N-methyl/N-ethyl adjacent to an activating group) is 1. The van der Waals surface area contributed by atoms with Crippen LogP contribution in [0.1, 0.15) is 17.0 Å². The number of fused-ring (bicyclic) bond motifs is 1. The lowest BCUT2D eigenvalue weighted by atomic mass is 10.1. The van der Waals surface area contributed by atoms with Gasteiger partial charge in [-0.1, -0.05) is 35.0 Å². The number of H-pyrrole nitrogens is 1. The summed E-state index contributed by atoms with van der Waals surface area (Å²) in [6.45, 7) is 1.03. The number of hydrogen-bond acceptors (Lipinski definition) is 4. The normalized spacial score (nSPS) is 11.6. The quantitative estimate of drug-likeness (QED) is 0.491.